The molecule has 2 fully saturated rings. The van der Waals surface area contributed by atoms with E-state index in [9.17, 15) is 4.79 Å². The number of fused-ring (bicyclic) bond motifs is 2. The first-order chi connectivity index (χ1) is 18.4. The molecule has 4 heterocycles. The quantitative estimate of drug-likeness (QED) is 0.308. The number of benzene rings is 2. The van der Waals surface area contributed by atoms with Crippen molar-refractivity contribution >= 4 is 45.4 Å². The fourth-order valence-electron chi connectivity index (χ4n) is 5.53. The second-order valence-corrected chi connectivity index (χ2v) is 10.7. The van der Waals surface area contributed by atoms with Crippen LogP contribution in [0.1, 0.15) is 47.8 Å². The molecule has 1 amide bonds. The van der Waals surface area contributed by atoms with Crippen molar-refractivity contribution in [2.75, 3.05) is 18.0 Å². The average Bonchev–Trinajstić information content (AvgIpc) is 3.55. The van der Waals surface area contributed by atoms with E-state index in [1.165, 1.54) is 0 Å². The molecule has 2 aliphatic rings. The molecule has 192 valence electrons. The number of halogens is 1. The molecule has 1 aliphatic carbocycles. The number of hydrogen-bond acceptors (Lipinski definition) is 6. The SMILES string of the molecule is NC(=O)c1nc(N2CCC(N)(c3ccccc3)CC2)nc2[nH]cc(-c3ccc4nn(C5CC5)cc4c3Cl)c12. The van der Waals surface area contributed by atoms with E-state index >= 15 is 0 Å². The summed E-state index contributed by atoms with van der Waals surface area (Å²) in [4.78, 5) is 27.4. The van der Waals surface area contributed by atoms with Gasteiger partial charge in [0.2, 0.25) is 5.95 Å². The number of rotatable bonds is 5. The highest BCUT2D eigenvalue weighted by molar-refractivity contribution is 6.38. The molecule has 10 heteroatoms. The number of hydrogen-bond donors (Lipinski definition) is 3. The van der Waals surface area contributed by atoms with Crippen molar-refractivity contribution in [3.63, 3.8) is 0 Å². The molecule has 0 unspecified atom stereocenters. The third kappa shape index (κ3) is 3.73. The van der Waals surface area contributed by atoms with E-state index in [1.807, 2.05) is 47.4 Å². The zero-order chi connectivity index (χ0) is 26.0. The summed E-state index contributed by atoms with van der Waals surface area (Å²) in [5.41, 5.74) is 16.4. The fraction of sp³-hybridized carbons (Fsp3) is 0.286. The largest absolute Gasteiger partial charge is 0.364 e. The Morgan fingerprint density at radius 1 is 1.05 bits per heavy atom. The number of aromatic amines is 1. The summed E-state index contributed by atoms with van der Waals surface area (Å²) in [7, 11) is 0. The maximum atomic E-state index is 12.6. The Morgan fingerprint density at radius 2 is 1.82 bits per heavy atom. The predicted molar refractivity (Wildman–Crippen MR) is 148 cm³/mol. The second-order valence-electron chi connectivity index (χ2n) is 10.4. The summed E-state index contributed by atoms with van der Waals surface area (Å²) in [5, 5.41) is 6.68. The van der Waals surface area contributed by atoms with Gasteiger partial charge in [0.15, 0.2) is 0 Å². The van der Waals surface area contributed by atoms with Crippen LogP contribution in [0.5, 0.6) is 0 Å². The van der Waals surface area contributed by atoms with E-state index in [0.29, 0.717) is 41.1 Å². The van der Waals surface area contributed by atoms with Crippen LogP contribution >= 0.6 is 11.6 Å². The highest BCUT2D eigenvalue weighted by atomic mass is 35.5. The van der Waals surface area contributed by atoms with Crippen LogP contribution in [0.2, 0.25) is 5.02 Å². The van der Waals surface area contributed by atoms with Gasteiger partial charge in [0.25, 0.3) is 5.91 Å². The van der Waals surface area contributed by atoms with Gasteiger partial charge in [-0.1, -0.05) is 48.0 Å². The Bertz CT molecular complexity index is 1700. The van der Waals surface area contributed by atoms with Gasteiger partial charge >= 0.3 is 0 Å². The molecular formula is C28H27ClN8O. The zero-order valence-electron chi connectivity index (χ0n) is 20.7. The number of aromatic nitrogens is 5. The van der Waals surface area contributed by atoms with E-state index in [4.69, 9.17) is 28.1 Å². The molecule has 2 aromatic carbocycles. The molecule has 38 heavy (non-hydrogen) atoms. The van der Waals surface area contributed by atoms with Gasteiger partial charge in [-0.15, -0.1) is 0 Å². The molecule has 0 spiro atoms. The number of nitrogens with two attached hydrogens (primary N) is 2. The van der Waals surface area contributed by atoms with Crippen molar-refractivity contribution in [1.82, 2.24) is 24.7 Å². The van der Waals surface area contributed by atoms with Gasteiger partial charge in [-0.05, 0) is 37.3 Å². The highest BCUT2D eigenvalue weighted by Crippen LogP contribution is 2.41. The molecule has 1 saturated carbocycles. The number of nitrogens with one attached hydrogen (secondary N) is 1. The molecular weight excluding hydrogens is 500 g/mol. The van der Waals surface area contributed by atoms with Crippen LogP contribution in [-0.4, -0.2) is 43.7 Å². The Labute approximate surface area is 223 Å². The van der Waals surface area contributed by atoms with E-state index in [1.54, 1.807) is 0 Å². The van der Waals surface area contributed by atoms with Crippen LogP contribution in [0.25, 0.3) is 33.1 Å². The van der Waals surface area contributed by atoms with Gasteiger partial charge in [0, 0.05) is 47.5 Å². The van der Waals surface area contributed by atoms with Crippen molar-refractivity contribution < 1.29 is 4.79 Å². The van der Waals surface area contributed by atoms with Gasteiger partial charge in [-0.2, -0.15) is 10.1 Å². The van der Waals surface area contributed by atoms with Crippen molar-refractivity contribution in [2.24, 2.45) is 11.5 Å². The minimum absolute atomic E-state index is 0.165. The molecule has 0 bridgehead atoms. The molecule has 0 atom stereocenters. The van der Waals surface area contributed by atoms with Gasteiger partial charge in [-0.25, -0.2) is 4.98 Å². The number of nitrogens with zero attached hydrogens (tertiary/aromatic N) is 5. The summed E-state index contributed by atoms with van der Waals surface area (Å²) in [6, 6.07) is 14.5. The summed E-state index contributed by atoms with van der Waals surface area (Å²) in [6.07, 6.45) is 7.57. The lowest BCUT2D eigenvalue weighted by Crippen LogP contribution is -2.48. The maximum absolute atomic E-state index is 12.6. The predicted octanol–water partition coefficient (Wildman–Crippen LogP) is 4.52. The first-order valence-electron chi connectivity index (χ1n) is 12.9. The normalized spacial score (nSPS) is 17.4. The molecule has 5 aromatic rings. The summed E-state index contributed by atoms with van der Waals surface area (Å²) >= 11 is 6.89. The molecule has 9 nitrogen and oxygen atoms in total. The van der Waals surface area contributed by atoms with Gasteiger partial charge in [-0.3, -0.25) is 9.48 Å². The van der Waals surface area contributed by atoms with E-state index < -0.39 is 11.4 Å². The number of piperidine rings is 1. The lowest BCUT2D eigenvalue weighted by molar-refractivity contribution is 0.0997. The standard InChI is InChI=1S/C28H27ClN8O/c29-23-18(8-9-21-20(23)15-37(35-21)17-6-7-17)19-14-32-26-22(19)24(25(30)38)33-27(34-26)36-12-10-28(31,11-13-36)16-4-2-1-3-5-16/h1-5,8-9,14-15,17H,6-7,10-13,31H2,(H2,30,38)(H,32,33,34). The lowest BCUT2D eigenvalue weighted by atomic mass is 9.82. The Hall–Kier alpha value is -3.95. The molecule has 3 aromatic heterocycles. The monoisotopic (exact) mass is 526 g/mol. The average molecular weight is 527 g/mol. The third-order valence-electron chi connectivity index (χ3n) is 7.89. The third-order valence-corrected chi connectivity index (χ3v) is 8.30. The minimum atomic E-state index is -0.618. The van der Waals surface area contributed by atoms with Crippen LogP contribution in [-0.2, 0) is 5.54 Å². The summed E-state index contributed by atoms with van der Waals surface area (Å²) < 4.78 is 1.99. The van der Waals surface area contributed by atoms with Crippen molar-refractivity contribution in [3.05, 3.63) is 71.1 Å². The van der Waals surface area contributed by atoms with Crippen LogP contribution < -0.4 is 16.4 Å². The van der Waals surface area contributed by atoms with Crippen molar-refractivity contribution in [1.29, 1.82) is 0 Å². The summed E-state index contributed by atoms with van der Waals surface area (Å²) in [6.45, 7) is 1.33. The topological polar surface area (TPSA) is 132 Å². The number of carbonyl (C=O) groups is 1. The van der Waals surface area contributed by atoms with Crippen molar-refractivity contribution in [3.8, 4) is 11.1 Å². The van der Waals surface area contributed by atoms with Crippen molar-refractivity contribution in [2.45, 2.75) is 37.3 Å². The first kappa shape index (κ1) is 23.2. The zero-order valence-corrected chi connectivity index (χ0v) is 21.4. The van der Waals surface area contributed by atoms with Gasteiger partial charge < -0.3 is 21.4 Å². The van der Waals surface area contributed by atoms with Gasteiger partial charge in [0.05, 0.1) is 22.0 Å². The molecule has 7 rings (SSSR count). The maximum Gasteiger partial charge on any atom is 0.268 e. The minimum Gasteiger partial charge on any atom is -0.364 e. The van der Waals surface area contributed by atoms with Crippen LogP contribution in [0.15, 0.2) is 54.9 Å². The highest BCUT2D eigenvalue weighted by Gasteiger charge is 2.34. The van der Waals surface area contributed by atoms with E-state index in [2.05, 4.69) is 32.1 Å². The number of amides is 1. The Morgan fingerprint density at radius 3 is 2.53 bits per heavy atom. The van der Waals surface area contributed by atoms with E-state index in [0.717, 1.165) is 53.3 Å². The molecule has 0 radical (unpaired) electrons. The second kappa shape index (κ2) is 8.54. The smallest absolute Gasteiger partial charge is 0.268 e. The van der Waals surface area contributed by atoms with Crippen LogP contribution in [0, 0.1) is 0 Å². The van der Waals surface area contributed by atoms with Crippen LogP contribution in [0.3, 0.4) is 0 Å². The number of carbonyl (C=O) groups excluding carboxylic acids is 1. The first-order valence-corrected chi connectivity index (χ1v) is 13.2. The van der Waals surface area contributed by atoms with Gasteiger partial charge in [0.1, 0.15) is 11.3 Å². The number of H-pyrrole nitrogens is 1. The Balaban J connectivity index is 1.25. The Kier molecular flexibility index (Phi) is 5.21. The lowest BCUT2D eigenvalue weighted by Gasteiger charge is -2.39. The molecule has 1 saturated heterocycles. The molecule has 5 N–H and O–H groups in total. The summed E-state index contributed by atoms with van der Waals surface area (Å²) in [5.74, 6) is -0.158. The van der Waals surface area contributed by atoms with E-state index in [-0.39, 0.29) is 5.69 Å². The number of anilines is 1. The molecule has 1 aliphatic heterocycles. The fourth-order valence-corrected chi connectivity index (χ4v) is 5.84. The number of primary amides is 1. The van der Waals surface area contributed by atoms with Crippen LogP contribution in [0.4, 0.5) is 5.95 Å².